The summed E-state index contributed by atoms with van der Waals surface area (Å²) in [6.45, 7) is 4.33. The van der Waals surface area contributed by atoms with Crippen LogP contribution in [0.3, 0.4) is 0 Å². The van der Waals surface area contributed by atoms with Gasteiger partial charge in [0.25, 0.3) is 5.91 Å². The van der Waals surface area contributed by atoms with E-state index < -0.39 is 0 Å². The van der Waals surface area contributed by atoms with Crippen molar-refractivity contribution < 1.29 is 4.79 Å². The molecular weight excluding hydrogens is 300 g/mol. The summed E-state index contributed by atoms with van der Waals surface area (Å²) in [7, 11) is 0. The maximum absolute atomic E-state index is 12.3. The van der Waals surface area contributed by atoms with E-state index in [9.17, 15) is 4.79 Å². The van der Waals surface area contributed by atoms with Crippen molar-refractivity contribution in [3.8, 4) is 0 Å². The molecule has 0 aliphatic heterocycles. The molecule has 0 bridgehead atoms. The van der Waals surface area contributed by atoms with Crippen LogP contribution < -0.4 is 10.6 Å². The van der Waals surface area contributed by atoms with Gasteiger partial charge in [-0.3, -0.25) is 4.79 Å². The average molecular weight is 324 g/mol. The number of nitrogens with zero attached hydrogens (tertiary/aromatic N) is 2. The third-order valence-corrected chi connectivity index (χ3v) is 4.41. The number of carbonyl (C=O) groups is 1. The van der Waals surface area contributed by atoms with E-state index in [1.54, 1.807) is 12.3 Å². The molecule has 0 spiro atoms. The molecule has 1 heterocycles. The molecule has 2 N–H and O–H groups in total. The molecule has 3 rings (SSSR count). The Hall–Kier alpha value is -2.43. The zero-order chi connectivity index (χ0) is 16.9. The Kier molecular flexibility index (Phi) is 5.08. The summed E-state index contributed by atoms with van der Waals surface area (Å²) in [5.74, 6) is 0.812. The molecule has 0 radical (unpaired) electrons. The van der Waals surface area contributed by atoms with Crippen molar-refractivity contribution in [3.05, 3.63) is 47.8 Å². The highest BCUT2D eigenvalue weighted by atomic mass is 16.1. The van der Waals surface area contributed by atoms with Gasteiger partial charge in [0.15, 0.2) is 0 Å². The minimum absolute atomic E-state index is 0.123. The quantitative estimate of drug-likeness (QED) is 0.872. The van der Waals surface area contributed by atoms with Gasteiger partial charge in [-0.05, 0) is 42.5 Å². The lowest BCUT2D eigenvalue weighted by atomic mass is 10.0. The monoisotopic (exact) mass is 324 g/mol. The first-order valence-corrected chi connectivity index (χ1v) is 8.63. The normalized spacial score (nSPS) is 14.8. The lowest BCUT2D eigenvalue weighted by molar-refractivity contribution is 0.0933. The molecule has 1 saturated carbocycles. The fourth-order valence-corrected chi connectivity index (χ4v) is 2.96. The number of carbonyl (C=O) groups excluding carboxylic acids is 1. The highest BCUT2D eigenvalue weighted by Crippen LogP contribution is 2.20. The molecule has 5 nitrogen and oxygen atoms in total. The van der Waals surface area contributed by atoms with Crippen LogP contribution in [0.5, 0.6) is 0 Å². The third kappa shape index (κ3) is 4.10. The summed E-state index contributed by atoms with van der Waals surface area (Å²) in [6.07, 6.45) is 6.11. The predicted octanol–water partition coefficient (Wildman–Crippen LogP) is 4.02. The lowest BCUT2D eigenvalue weighted by Crippen LogP contribution is -2.33. The molecule has 1 aromatic heterocycles. The van der Waals surface area contributed by atoms with Crippen LogP contribution in [0.4, 0.5) is 11.6 Å². The van der Waals surface area contributed by atoms with Crippen LogP contribution in [0.25, 0.3) is 0 Å². The van der Waals surface area contributed by atoms with E-state index in [0.29, 0.717) is 17.6 Å². The Labute approximate surface area is 142 Å². The van der Waals surface area contributed by atoms with E-state index in [1.165, 1.54) is 18.4 Å². The molecule has 0 saturated heterocycles. The molecule has 1 fully saturated rings. The van der Waals surface area contributed by atoms with Gasteiger partial charge in [0, 0.05) is 17.9 Å². The number of nitrogens with one attached hydrogen (secondary N) is 2. The molecule has 1 aliphatic rings. The standard InChI is InChI=1S/C19H24N4O/c1-13(2)14-7-9-16(10-8-14)22-19-20-12-11-17(23-19)18(24)21-15-5-3-4-6-15/h7-13,15H,3-6H2,1-2H3,(H,21,24)(H,20,22,23). The maximum Gasteiger partial charge on any atom is 0.270 e. The summed E-state index contributed by atoms with van der Waals surface area (Å²) in [4.78, 5) is 20.8. The minimum atomic E-state index is -0.123. The molecular formula is C19H24N4O. The third-order valence-electron chi connectivity index (χ3n) is 4.41. The lowest BCUT2D eigenvalue weighted by Gasteiger charge is -2.12. The highest BCUT2D eigenvalue weighted by molar-refractivity contribution is 5.92. The summed E-state index contributed by atoms with van der Waals surface area (Å²) in [5.41, 5.74) is 2.59. The predicted molar refractivity (Wildman–Crippen MR) is 95.6 cm³/mol. The van der Waals surface area contributed by atoms with Crippen LogP contribution in [-0.4, -0.2) is 21.9 Å². The van der Waals surface area contributed by atoms with E-state index in [-0.39, 0.29) is 11.9 Å². The first kappa shape index (κ1) is 16.4. The first-order valence-electron chi connectivity index (χ1n) is 8.63. The number of rotatable bonds is 5. The average Bonchev–Trinajstić information content (AvgIpc) is 3.08. The molecule has 0 atom stereocenters. The Morgan fingerprint density at radius 2 is 1.83 bits per heavy atom. The topological polar surface area (TPSA) is 66.9 Å². The number of hydrogen-bond acceptors (Lipinski definition) is 4. The molecule has 1 aromatic carbocycles. The van der Waals surface area contributed by atoms with Gasteiger partial charge in [-0.15, -0.1) is 0 Å². The first-order chi connectivity index (χ1) is 11.6. The Morgan fingerprint density at radius 1 is 1.12 bits per heavy atom. The second-order valence-corrected chi connectivity index (χ2v) is 6.62. The Bertz CT molecular complexity index is 691. The van der Waals surface area contributed by atoms with Crippen LogP contribution in [-0.2, 0) is 0 Å². The van der Waals surface area contributed by atoms with Gasteiger partial charge in [0.1, 0.15) is 5.69 Å². The van der Waals surface area contributed by atoms with Gasteiger partial charge in [-0.1, -0.05) is 38.8 Å². The fourth-order valence-electron chi connectivity index (χ4n) is 2.96. The van der Waals surface area contributed by atoms with Crippen LogP contribution in [0.2, 0.25) is 0 Å². The summed E-state index contributed by atoms with van der Waals surface area (Å²) in [5, 5.41) is 6.21. The highest BCUT2D eigenvalue weighted by Gasteiger charge is 2.18. The second-order valence-electron chi connectivity index (χ2n) is 6.62. The molecule has 5 heteroatoms. The molecule has 1 aliphatic carbocycles. The summed E-state index contributed by atoms with van der Waals surface area (Å²) in [6, 6.07) is 10.1. The van der Waals surface area contributed by atoms with Crippen LogP contribution in [0, 0.1) is 0 Å². The van der Waals surface area contributed by atoms with Gasteiger partial charge in [-0.2, -0.15) is 0 Å². The number of benzene rings is 1. The van der Waals surface area contributed by atoms with E-state index in [1.807, 2.05) is 12.1 Å². The van der Waals surface area contributed by atoms with E-state index in [0.717, 1.165) is 18.5 Å². The van der Waals surface area contributed by atoms with Crippen molar-refractivity contribution in [2.45, 2.75) is 51.5 Å². The van der Waals surface area contributed by atoms with Gasteiger partial charge in [0.05, 0.1) is 0 Å². The van der Waals surface area contributed by atoms with Gasteiger partial charge >= 0.3 is 0 Å². The second kappa shape index (κ2) is 7.43. The van der Waals surface area contributed by atoms with Crippen molar-refractivity contribution in [2.75, 3.05) is 5.32 Å². The molecule has 2 aromatic rings. The number of amides is 1. The molecule has 24 heavy (non-hydrogen) atoms. The van der Waals surface area contributed by atoms with Crippen LogP contribution in [0.1, 0.15) is 61.5 Å². The van der Waals surface area contributed by atoms with Crippen LogP contribution >= 0.6 is 0 Å². The summed E-state index contributed by atoms with van der Waals surface area (Å²) >= 11 is 0. The van der Waals surface area contributed by atoms with Gasteiger partial charge < -0.3 is 10.6 Å². The van der Waals surface area contributed by atoms with Crippen molar-refractivity contribution in [3.63, 3.8) is 0 Å². The minimum Gasteiger partial charge on any atom is -0.348 e. The van der Waals surface area contributed by atoms with E-state index in [2.05, 4.69) is 46.6 Å². The zero-order valence-electron chi connectivity index (χ0n) is 14.2. The van der Waals surface area contributed by atoms with Crippen molar-refractivity contribution in [1.29, 1.82) is 0 Å². The van der Waals surface area contributed by atoms with Gasteiger partial charge in [0.2, 0.25) is 5.95 Å². The zero-order valence-corrected chi connectivity index (χ0v) is 14.2. The Morgan fingerprint density at radius 3 is 2.50 bits per heavy atom. The van der Waals surface area contributed by atoms with Crippen molar-refractivity contribution in [2.24, 2.45) is 0 Å². The molecule has 1 amide bonds. The largest absolute Gasteiger partial charge is 0.348 e. The molecule has 0 unspecified atom stereocenters. The van der Waals surface area contributed by atoms with Crippen molar-refractivity contribution in [1.82, 2.24) is 15.3 Å². The smallest absolute Gasteiger partial charge is 0.270 e. The van der Waals surface area contributed by atoms with Crippen LogP contribution in [0.15, 0.2) is 36.5 Å². The number of hydrogen-bond donors (Lipinski definition) is 2. The Balaban J connectivity index is 1.67. The SMILES string of the molecule is CC(C)c1ccc(Nc2nccc(C(=O)NC3CCCC3)n2)cc1. The van der Waals surface area contributed by atoms with E-state index >= 15 is 0 Å². The van der Waals surface area contributed by atoms with Crippen molar-refractivity contribution >= 4 is 17.5 Å². The fraction of sp³-hybridized carbons (Fsp3) is 0.421. The van der Waals surface area contributed by atoms with Gasteiger partial charge in [-0.25, -0.2) is 9.97 Å². The number of aromatic nitrogens is 2. The maximum atomic E-state index is 12.3. The summed E-state index contributed by atoms with van der Waals surface area (Å²) < 4.78 is 0. The number of anilines is 2. The molecule has 126 valence electrons. The van der Waals surface area contributed by atoms with E-state index in [4.69, 9.17) is 0 Å².